The summed E-state index contributed by atoms with van der Waals surface area (Å²) < 4.78 is 0. The van der Waals surface area contributed by atoms with E-state index in [0.29, 0.717) is 16.5 Å². The Morgan fingerprint density at radius 2 is 1.59 bits per heavy atom. The number of hydrogen-bond acceptors (Lipinski definition) is 6. The molecular weight excluding hydrogens is 388 g/mol. The zero-order valence-electron chi connectivity index (χ0n) is 15.1. The largest absolute Gasteiger partial charge is 0.508 e. The van der Waals surface area contributed by atoms with Crippen LogP contribution >= 0.6 is 24.4 Å². The van der Waals surface area contributed by atoms with Gasteiger partial charge in [0.25, 0.3) is 0 Å². The Kier molecular flexibility index (Phi) is 9.09. The van der Waals surface area contributed by atoms with E-state index in [1.807, 2.05) is 0 Å². The smallest absolute Gasteiger partial charge is 0.326 e. The fourth-order valence-corrected chi connectivity index (χ4v) is 1.98. The maximum atomic E-state index is 11.4. The molecule has 0 amide bonds. The van der Waals surface area contributed by atoms with Crippen molar-refractivity contribution in [3.8, 4) is 5.75 Å². The molecule has 0 aliphatic heterocycles. The number of hydrogen-bond donors (Lipinski definition) is 6. The number of aliphatic carboxylic acids is 1. The van der Waals surface area contributed by atoms with Gasteiger partial charge in [0.05, 0.1) is 11.4 Å². The average molecular weight is 411 g/mol. The molecule has 1 atom stereocenters. The van der Waals surface area contributed by atoms with Crippen LogP contribution in [0.3, 0.4) is 0 Å². The molecule has 0 saturated carbocycles. The second kappa shape index (κ2) is 11.0. The molecule has 11 heteroatoms. The lowest BCUT2D eigenvalue weighted by molar-refractivity contribution is -0.139. The average Bonchev–Trinajstić information content (AvgIpc) is 2.64. The molecule has 0 bridgehead atoms. The van der Waals surface area contributed by atoms with E-state index >= 15 is 0 Å². The van der Waals surface area contributed by atoms with Crippen molar-refractivity contribution in [2.75, 3.05) is 7.05 Å². The van der Waals surface area contributed by atoms with E-state index in [4.69, 9.17) is 24.4 Å². The van der Waals surface area contributed by atoms with Gasteiger partial charge in [-0.3, -0.25) is 10.9 Å². The summed E-state index contributed by atoms with van der Waals surface area (Å²) in [5.74, 6) is -0.946. The van der Waals surface area contributed by atoms with Gasteiger partial charge in [0.2, 0.25) is 0 Å². The number of aromatic hydroxyl groups is 1. The van der Waals surface area contributed by atoms with Gasteiger partial charge in [-0.1, -0.05) is 12.1 Å². The SMILES string of the molecule is CNC(=S)N/N=C(C)/C(C)=N/NC(=S)NC(Cc1ccc(O)cc1)C(=O)O. The molecule has 0 aliphatic carbocycles. The minimum Gasteiger partial charge on any atom is -0.508 e. The quantitative estimate of drug-likeness (QED) is 0.218. The Hall–Kier alpha value is -2.79. The van der Waals surface area contributed by atoms with Crippen LogP contribution < -0.4 is 21.5 Å². The lowest BCUT2D eigenvalue weighted by Crippen LogP contribution is -2.46. The first-order valence-electron chi connectivity index (χ1n) is 7.86. The normalized spacial score (nSPS) is 12.7. The predicted molar refractivity (Wildman–Crippen MR) is 113 cm³/mol. The molecule has 0 fully saturated rings. The van der Waals surface area contributed by atoms with Crippen LogP contribution in [0.1, 0.15) is 19.4 Å². The van der Waals surface area contributed by atoms with E-state index in [0.717, 1.165) is 5.56 Å². The van der Waals surface area contributed by atoms with Gasteiger partial charge in [-0.2, -0.15) is 10.2 Å². The molecule has 1 aromatic rings. The molecule has 1 aromatic carbocycles. The molecule has 0 heterocycles. The second-order valence-electron chi connectivity index (χ2n) is 5.43. The van der Waals surface area contributed by atoms with Gasteiger partial charge in [-0.15, -0.1) is 0 Å². The number of nitrogens with zero attached hydrogens (tertiary/aromatic N) is 2. The van der Waals surface area contributed by atoms with Gasteiger partial charge in [0.1, 0.15) is 11.8 Å². The summed E-state index contributed by atoms with van der Waals surface area (Å²) in [6, 6.07) is 5.33. The van der Waals surface area contributed by atoms with Crippen LogP contribution in [0.15, 0.2) is 34.5 Å². The molecule has 6 N–H and O–H groups in total. The number of carboxylic acid groups (broad SMARTS) is 1. The molecule has 1 rings (SSSR count). The number of benzene rings is 1. The summed E-state index contributed by atoms with van der Waals surface area (Å²) in [4.78, 5) is 11.4. The Morgan fingerprint density at radius 1 is 1.07 bits per heavy atom. The number of carbonyl (C=O) groups is 1. The van der Waals surface area contributed by atoms with Crippen molar-refractivity contribution >= 4 is 52.1 Å². The summed E-state index contributed by atoms with van der Waals surface area (Å²) in [7, 11) is 1.67. The third kappa shape index (κ3) is 8.42. The van der Waals surface area contributed by atoms with Gasteiger partial charge in [0, 0.05) is 13.5 Å². The minimum atomic E-state index is -1.06. The lowest BCUT2D eigenvalue weighted by Gasteiger charge is -2.16. The molecular formula is C16H22N6O3S2. The van der Waals surface area contributed by atoms with Crippen molar-refractivity contribution in [3.05, 3.63) is 29.8 Å². The van der Waals surface area contributed by atoms with E-state index in [1.165, 1.54) is 12.1 Å². The minimum absolute atomic E-state index is 0.0621. The number of phenols is 1. The number of nitrogens with one attached hydrogen (secondary N) is 4. The first-order valence-corrected chi connectivity index (χ1v) is 8.68. The number of phenolic OH excluding ortho intramolecular Hbond substituents is 1. The Balaban J connectivity index is 2.64. The summed E-state index contributed by atoms with van der Waals surface area (Å²) in [6.07, 6.45) is 0.187. The molecule has 0 radical (unpaired) electrons. The van der Waals surface area contributed by atoms with Gasteiger partial charge >= 0.3 is 5.97 Å². The highest BCUT2D eigenvalue weighted by molar-refractivity contribution is 7.80. The van der Waals surface area contributed by atoms with Crippen molar-refractivity contribution < 1.29 is 15.0 Å². The topological polar surface area (TPSA) is 130 Å². The summed E-state index contributed by atoms with van der Waals surface area (Å²) in [6.45, 7) is 3.44. The maximum Gasteiger partial charge on any atom is 0.326 e. The predicted octanol–water partition coefficient (Wildman–Crippen LogP) is 0.698. The monoisotopic (exact) mass is 410 g/mol. The van der Waals surface area contributed by atoms with Crippen LogP contribution in [-0.2, 0) is 11.2 Å². The highest BCUT2D eigenvalue weighted by Gasteiger charge is 2.19. The summed E-state index contributed by atoms with van der Waals surface area (Å²) in [5, 5.41) is 32.6. The molecule has 0 saturated heterocycles. The van der Waals surface area contributed by atoms with Gasteiger partial charge in [-0.25, -0.2) is 4.79 Å². The maximum absolute atomic E-state index is 11.4. The summed E-state index contributed by atoms with van der Waals surface area (Å²) in [5.41, 5.74) is 7.08. The number of carboxylic acids is 1. The lowest BCUT2D eigenvalue weighted by atomic mass is 10.1. The Labute approximate surface area is 167 Å². The first kappa shape index (κ1) is 22.3. The fraction of sp³-hybridized carbons (Fsp3) is 0.312. The first-order chi connectivity index (χ1) is 12.7. The van der Waals surface area contributed by atoms with Crippen LogP contribution in [0.2, 0.25) is 0 Å². The number of rotatable bonds is 7. The Morgan fingerprint density at radius 3 is 2.07 bits per heavy atom. The number of hydrazone groups is 2. The van der Waals surface area contributed by atoms with Crippen molar-refractivity contribution in [2.45, 2.75) is 26.3 Å². The zero-order chi connectivity index (χ0) is 20.4. The van der Waals surface area contributed by atoms with E-state index in [1.54, 1.807) is 33.0 Å². The molecule has 0 spiro atoms. The molecule has 1 unspecified atom stereocenters. The van der Waals surface area contributed by atoms with Crippen LogP contribution in [-0.4, -0.2) is 50.9 Å². The van der Waals surface area contributed by atoms with Crippen LogP contribution in [0.25, 0.3) is 0 Å². The van der Waals surface area contributed by atoms with Gasteiger partial charge in [-0.05, 0) is 56.0 Å². The molecule has 27 heavy (non-hydrogen) atoms. The van der Waals surface area contributed by atoms with Crippen LogP contribution in [0.5, 0.6) is 5.75 Å². The Bertz CT molecular complexity index is 749. The zero-order valence-corrected chi connectivity index (χ0v) is 16.7. The standard InChI is InChI=1S/C16H22N6O3S2/c1-9(19-21-15(26)17-3)10(2)20-22-16(27)18-13(14(24)25)8-11-4-6-12(23)7-5-11/h4-7,13,23H,8H2,1-3H3,(H,24,25)(H2,17,21,26)(H2,18,22,27)/b19-9+,20-10+. The van der Waals surface area contributed by atoms with Crippen molar-refractivity contribution in [1.82, 2.24) is 21.5 Å². The summed E-state index contributed by atoms with van der Waals surface area (Å²) >= 11 is 10.0. The third-order valence-corrected chi connectivity index (χ3v) is 3.89. The van der Waals surface area contributed by atoms with Crippen LogP contribution in [0, 0.1) is 0 Å². The molecule has 146 valence electrons. The van der Waals surface area contributed by atoms with Gasteiger partial charge < -0.3 is 20.8 Å². The molecule has 0 aromatic heterocycles. The van der Waals surface area contributed by atoms with Crippen molar-refractivity contribution in [1.29, 1.82) is 0 Å². The molecule has 0 aliphatic rings. The fourth-order valence-electron chi connectivity index (χ4n) is 1.75. The van der Waals surface area contributed by atoms with E-state index in [9.17, 15) is 15.0 Å². The number of thiocarbonyl (C=S) groups is 2. The van der Waals surface area contributed by atoms with Crippen molar-refractivity contribution in [3.63, 3.8) is 0 Å². The second-order valence-corrected chi connectivity index (χ2v) is 6.25. The third-order valence-electron chi connectivity index (χ3n) is 3.38. The van der Waals surface area contributed by atoms with Gasteiger partial charge in [0.15, 0.2) is 10.2 Å². The van der Waals surface area contributed by atoms with Crippen LogP contribution in [0.4, 0.5) is 0 Å². The highest BCUT2D eigenvalue weighted by Crippen LogP contribution is 2.11. The van der Waals surface area contributed by atoms with Crippen molar-refractivity contribution in [2.24, 2.45) is 10.2 Å². The van der Waals surface area contributed by atoms with E-state index in [-0.39, 0.29) is 17.3 Å². The van der Waals surface area contributed by atoms with E-state index in [2.05, 4.69) is 31.7 Å². The molecule has 9 nitrogen and oxygen atoms in total. The highest BCUT2D eigenvalue weighted by atomic mass is 32.1. The van der Waals surface area contributed by atoms with E-state index < -0.39 is 12.0 Å².